The molecule has 1 aromatic carbocycles. The summed E-state index contributed by atoms with van der Waals surface area (Å²) < 4.78 is 10.6. The van der Waals surface area contributed by atoms with Crippen molar-refractivity contribution >= 4 is 29.2 Å². The van der Waals surface area contributed by atoms with E-state index < -0.39 is 5.54 Å². The van der Waals surface area contributed by atoms with Crippen molar-refractivity contribution in [1.29, 1.82) is 0 Å². The molecule has 33 heavy (non-hydrogen) atoms. The topological polar surface area (TPSA) is 88.2 Å². The Kier molecular flexibility index (Phi) is 6.60. The van der Waals surface area contributed by atoms with Crippen LogP contribution in [0.4, 0.5) is 4.79 Å². The molecule has 176 valence electrons. The third-order valence-electron chi connectivity index (χ3n) is 6.69. The summed E-state index contributed by atoms with van der Waals surface area (Å²) in [5.41, 5.74) is 0.864. The monoisotopic (exact) mass is 471 g/mol. The third kappa shape index (κ3) is 4.55. The van der Waals surface area contributed by atoms with E-state index in [9.17, 15) is 14.4 Å². The first-order valence-electron chi connectivity index (χ1n) is 11.0. The Hall–Kier alpha value is -3.07. The standard InChI is InChI=1S/C24H29N3O5S/c1-24(22(29)27(23(30)25-24)14-17-8-11-33-15-17)18-6-9-26(10-7-18)21(28)13-16-4-5-19(31-2)20(12-16)32-3/h4-5,8,11-12,15,18H,6-7,9-10,13-14H2,1-3H3,(H,25,30)/t24-/m1/s1. The van der Waals surface area contributed by atoms with Gasteiger partial charge in [0.2, 0.25) is 5.91 Å². The number of imide groups is 1. The Morgan fingerprint density at radius 1 is 1.12 bits per heavy atom. The highest BCUT2D eigenvalue weighted by Crippen LogP contribution is 2.34. The number of methoxy groups -OCH3 is 2. The largest absolute Gasteiger partial charge is 0.493 e. The molecular weight excluding hydrogens is 442 g/mol. The highest BCUT2D eigenvalue weighted by molar-refractivity contribution is 7.07. The lowest BCUT2D eigenvalue weighted by Crippen LogP contribution is -2.54. The first-order chi connectivity index (χ1) is 15.9. The van der Waals surface area contributed by atoms with Gasteiger partial charge in [0.25, 0.3) is 5.91 Å². The lowest BCUT2D eigenvalue weighted by Gasteiger charge is -2.39. The van der Waals surface area contributed by atoms with Crippen molar-refractivity contribution in [2.24, 2.45) is 5.92 Å². The summed E-state index contributed by atoms with van der Waals surface area (Å²) >= 11 is 1.54. The zero-order chi connectivity index (χ0) is 23.6. The Balaban J connectivity index is 1.36. The number of carbonyl (C=O) groups is 3. The molecule has 2 aliphatic heterocycles. The molecule has 0 saturated carbocycles. The molecule has 0 aliphatic carbocycles. The summed E-state index contributed by atoms with van der Waals surface area (Å²) in [5, 5.41) is 6.81. The van der Waals surface area contributed by atoms with E-state index in [4.69, 9.17) is 9.47 Å². The number of thiophene rings is 1. The van der Waals surface area contributed by atoms with Gasteiger partial charge in [-0.3, -0.25) is 14.5 Å². The molecule has 2 saturated heterocycles. The molecule has 3 heterocycles. The van der Waals surface area contributed by atoms with Crippen LogP contribution in [0, 0.1) is 5.92 Å². The summed E-state index contributed by atoms with van der Waals surface area (Å²) in [6.07, 6.45) is 1.59. The van der Waals surface area contributed by atoms with E-state index in [0.717, 1.165) is 11.1 Å². The van der Waals surface area contributed by atoms with Crippen molar-refractivity contribution in [1.82, 2.24) is 15.1 Å². The van der Waals surface area contributed by atoms with Crippen LogP contribution in [0.5, 0.6) is 11.5 Å². The molecule has 0 unspecified atom stereocenters. The van der Waals surface area contributed by atoms with Gasteiger partial charge in [0.1, 0.15) is 5.54 Å². The van der Waals surface area contributed by atoms with Gasteiger partial charge >= 0.3 is 6.03 Å². The lowest BCUT2D eigenvalue weighted by atomic mass is 9.78. The van der Waals surface area contributed by atoms with Gasteiger partial charge < -0.3 is 19.7 Å². The average molecular weight is 472 g/mol. The molecule has 0 bridgehead atoms. The van der Waals surface area contributed by atoms with Gasteiger partial charge in [-0.15, -0.1) is 0 Å². The molecule has 2 aliphatic rings. The lowest BCUT2D eigenvalue weighted by molar-refractivity contribution is -0.135. The SMILES string of the molecule is COc1ccc(CC(=O)N2CCC([C@@]3(C)NC(=O)N(Cc4ccsc4)C3=O)CC2)cc1OC. The Morgan fingerprint density at radius 3 is 2.48 bits per heavy atom. The van der Waals surface area contributed by atoms with E-state index >= 15 is 0 Å². The van der Waals surface area contributed by atoms with Crippen LogP contribution >= 0.6 is 11.3 Å². The molecule has 9 heteroatoms. The first kappa shape index (κ1) is 23.1. The second-order valence-electron chi connectivity index (χ2n) is 8.68. The summed E-state index contributed by atoms with van der Waals surface area (Å²) in [6, 6.07) is 7.05. The number of hydrogen-bond acceptors (Lipinski definition) is 6. The van der Waals surface area contributed by atoms with Gasteiger partial charge in [0, 0.05) is 13.1 Å². The van der Waals surface area contributed by atoms with Crippen molar-refractivity contribution in [2.45, 2.75) is 38.3 Å². The fourth-order valence-electron chi connectivity index (χ4n) is 4.68. The van der Waals surface area contributed by atoms with Crippen LogP contribution in [0.1, 0.15) is 30.9 Å². The quantitative estimate of drug-likeness (QED) is 0.627. The number of rotatable bonds is 7. The molecule has 0 radical (unpaired) electrons. The summed E-state index contributed by atoms with van der Waals surface area (Å²) in [5.74, 6) is 1.04. The maximum atomic E-state index is 13.2. The summed E-state index contributed by atoms with van der Waals surface area (Å²) in [7, 11) is 3.14. The maximum absolute atomic E-state index is 13.2. The van der Waals surface area contributed by atoms with Crippen molar-refractivity contribution in [3.8, 4) is 11.5 Å². The smallest absolute Gasteiger partial charge is 0.325 e. The van der Waals surface area contributed by atoms with Crippen LogP contribution in [0.15, 0.2) is 35.0 Å². The van der Waals surface area contributed by atoms with Crippen LogP contribution in [-0.4, -0.2) is 60.5 Å². The van der Waals surface area contributed by atoms with Gasteiger partial charge in [-0.05, 0) is 65.8 Å². The molecule has 1 atom stereocenters. The minimum Gasteiger partial charge on any atom is -0.493 e. The number of ether oxygens (including phenoxy) is 2. The third-order valence-corrected chi connectivity index (χ3v) is 7.42. The average Bonchev–Trinajstić information content (AvgIpc) is 3.42. The molecule has 1 N–H and O–H groups in total. The zero-order valence-electron chi connectivity index (χ0n) is 19.1. The number of piperidine rings is 1. The van der Waals surface area contributed by atoms with E-state index in [1.807, 2.05) is 40.8 Å². The number of urea groups is 1. The number of carbonyl (C=O) groups excluding carboxylic acids is 3. The van der Waals surface area contributed by atoms with Crippen LogP contribution in [0.2, 0.25) is 0 Å². The van der Waals surface area contributed by atoms with Gasteiger partial charge in [-0.25, -0.2) is 4.79 Å². The van der Waals surface area contributed by atoms with Crippen LogP contribution in [0.25, 0.3) is 0 Å². The second kappa shape index (κ2) is 9.43. The zero-order valence-corrected chi connectivity index (χ0v) is 19.9. The predicted molar refractivity (Wildman–Crippen MR) is 124 cm³/mol. The van der Waals surface area contributed by atoms with E-state index in [1.165, 1.54) is 4.90 Å². The fourth-order valence-corrected chi connectivity index (χ4v) is 5.34. The maximum Gasteiger partial charge on any atom is 0.325 e. The molecule has 4 rings (SSSR count). The number of nitrogens with one attached hydrogen (secondary N) is 1. The first-order valence-corrected chi connectivity index (χ1v) is 11.9. The van der Waals surface area contributed by atoms with E-state index in [-0.39, 0.29) is 36.7 Å². The Morgan fingerprint density at radius 2 is 1.85 bits per heavy atom. The molecule has 0 spiro atoms. The van der Waals surface area contributed by atoms with E-state index in [0.29, 0.717) is 37.4 Å². The van der Waals surface area contributed by atoms with Gasteiger partial charge in [0.15, 0.2) is 11.5 Å². The molecule has 2 aromatic rings. The second-order valence-corrected chi connectivity index (χ2v) is 9.46. The van der Waals surface area contributed by atoms with Crippen molar-refractivity contribution in [3.63, 3.8) is 0 Å². The fraction of sp³-hybridized carbons (Fsp3) is 0.458. The number of benzene rings is 1. The molecule has 1 aromatic heterocycles. The minimum absolute atomic E-state index is 0.0217. The summed E-state index contributed by atoms with van der Waals surface area (Å²) in [6.45, 7) is 3.21. The van der Waals surface area contributed by atoms with Crippen LogP contribution in [-0.2, 0) is 22.6 Å². The minimum atomic E-state index is -0.939. The highest BCUT2D eigenvalue weighted by atomic mass is 32.1. The molecule has 4 amide bonds. The van der Waals surface area contributed by atoms with Crippen LogP contribution in [0.3, 0.4) is 0 Å². The van der Waals surface area contributed by atoms with Crippen molar-refractivity contribution in [3.05, 3.63) is 46.2 Å². The number of hydrogen-bond donors (Lipinski definition) is 1. The summed E-state index contributed by atoms with van der Waals surface area (Å²) in [4.78, 5) is 41.8. The van der Waals surface area contributed by atoms with Gasteiger partial charge in [0.05, 0.1) is 27.2 Å². The number of nitrogens with zero attached hydrogens (tertiary/aromatic N) is 2. The normalized spacial score (nSPS) is 21.3. The van der Waals surface area contributed by atoms with E-state index in [2.05, 4.69) is 5.32 Å². The molecule has 8 nitrogen and oxygen atoms in total. The molecule has 2 fully saturated rings. The van der Waals surface area contributed by atoms with Gasteiger partial charge in [-0.2, -0.15) is 11.3 Å². The van der Waals surface area contributed by atoms with Crippen molar-refractivity contribution < 1.29 is 23.9 Å². The van der Waals surface area contributed by atoms with E-state index in [1.54, 1.807) is 31.6 Å². The van der Waals surface area contributed by atoms with Gasteiger partial charge in [-0.1, -0.05) is 6.07 Å². The Bertz CT molecular complexity index is 1030. The predicted octanol–water partition coefficient (Wildman–Crippen LogP) is 3.06. The number of likely N-dealkylation sites (tertiary alicyclic amines) is 1. The van der Waals surface area contributed by atoms with Crippen molar-refractivity contribution in [2.75, 3.05) is 27.3 Å². The number of amides is 4. The Labute approximate surface area is 197 Å². The molecular formula is C24H29N3O5S. The van der Waals surface area contributed by atoms with Crippen LogP contribution < -0.4 is 14.8 Å². The highest BCUT2D eigenvalue weighted by Gasteiger charge is 2.52.